The second-order valence-electron chi connectivity index (χ2n) is 6.34. The average molecular weight is 481 g/mol. The number of unbranched alkanes of at least 4 members (excludes halogenated alkanes) is 4. The van der Waals surface area contributed by atoms with Gasteiger partial charge in [-0.1, -0.05) is 26.2 Å². The van der Waals surface area contributed by atoms with E-state index in [-0.39, 0.29) is 0 Å². The zero-order valence-corrected chi connectivity index (χ0v) is 18.6. The van der Waals surface area contributed by atoms with Crippen molar-refractivity contribution in [3.05, 3.63) is 4.13 Å². The summed E-state index contributed by atoms with van der Waals surface area (Å²) in [5.41, 5.74) is -12.4. The molecule has 0 aliphatic rings. The van der Waals surface area contributed by atoms with Crippen LogP contribution in [0.4, 0.5) is 26.3 Å². The lowest BCUT2D eigenvalue weighted by molar-refractivity contribution is -0.923. The van der Waals surface area contributed by atoms with Gasteiger partial charge in [0.2, 0.25) is 0 Å². The molecule has 14 heteroatoms. The Morgan fingerprint density at radius 2 is 1.00 bits per heavy atom. The topological polar surface area (TPSA) is 82.4 Å². The summed E-state index contributed by atoms with van der Waals surface area (Å²) >= 11 is 0. The number of quaternary nitrogens is 1. The van der Waals surface area contributed by atoms with Crippen molar-refractivity contribution in [1.82, 2.24) is 0 Å². The monoisotopic (exact) mass is 480 g/mol. The van der Waals surface area contributed by atoms with Crippen molar-refractivity contribution in [2.45, 2.75) is 70.8 Å². The standard InChI is InChI=1S/C13H30N.C2F6NO4S2/c1-5-9-10-11-12-13-14(6-2,7-3)8-4;3-1(4,5)14(10,11)9-15(12,13)2(6,7)8/h5-13H2,1-4H3;/q+1;-1. The molecule has 178 valence electrons. The molecular formula is C15H30F6N2O4S2. The van der Waals surface area contributed by atoms with Crippen LogP contribution in [0.3, 0.4) is 0 Å². The number of sulfonamides is 2. The van der Waals surface area contributed by atoms with Crippen LogP contribution < -0.4 is 0 Å². The lowest BCUT2D eigenvalue weighted by Crippen LogP contribution is -2.48. The molecule has 0 saturated carbocycles. The first-order valence-corrected chi connectivity index (χ1v) is 12.0. The number of hydrogen-bond acceptors (Lipinski definition) is 4. The molecule has 0 aromatic rings. The van der Waals surface area contributed by atoms with E-state index in [0.717, 1.165) is 4.13 Å². The quantitative estimate of drug-likeness (QED) is 0.239. The van der Waals surface area contributed by atoms with Gasteiger partial charge in [0.05, 0.1) is 26.2 Å². The summed E-state index contributed by atoms with van der Waals surface area (Å²) in [6, 6.07) is 0. The predicted octanol–water partition coefficient (Wildman–Crippen LogP) is 4.89. The highest BCUT2D eigenvalue weighted by atomic mass is 32.3. The van der Waals surface area contributed by atoms with Gasteiger partial charge in [-0.15, -0.1) is 0 Å². The molecule has 0 atom stereocenters. The van der Waals surface area contributed by atoms with Crippen molar-refractivity contribution in [3.8, 4) is 0 Å². The van der Waals surface area contributed by atoms with Crippen LogP contribution in [0.15, 0.2) is 0 Å². The third-order valence-corrected chi connectivity index (χ3v) is 7.27. The Morgan fingerprint density at radius 3 is 1.28 bits per heavy atom. The van der Waals surface area contributed by atoms with Gasteiger partial charge in [0, 0.05) is 0 Å². The molecule has 0 aromatic carbocycles. The molecule has 0 fully saturated rings. The van der Waals surface area contributed by atoms with Crippen LogP contribution in [0.5, 0.6) is 0 Å². The van der Waals surface area contributed by atoms with Gasteiger partial charge >= 0.3 is 11.0 Å². The van der Waals surface area contributed by atoms with Crippen LogP contribution in [0.25, 0.3) is 4.13 Å². The average Bonchev–Trinajstić information content (AvgIpc) is 2.56. The zero-order valence-electron chi connectivity index (χ0n) is 17.0. The highest BCUT2D eigenvalue weighted by Crippen LogP contribution is 2.36. The highest BCUT2D eigenvalue weighted by molar-refractivity contribution is 8.13. The minimum absolute atomic E-state index is 0.778. The summed E-state index contributed by atoms with van der Waals surface area (Å²) in [4.78, 5) is 0. The first kappa shape index (κ1) is 30.6. The van der Waals surface area contributed by atoms with Crippen molar-refractivity contribution in [3.63, 3.8) is 0 Å². The summed E-state index contributed by atoms with van der Waals surface area (Å²) in [6.45, 7) is 14.6. The van der Waals surface area contributed by atoms with Crippen molar-refractivity contribution < 1.29 is 47.7 Å². The molecular weight excluding hydrogens is 450 g/mol. The van der Waals surface area contributed by atoms with E-state index in [1.165, 1.54) is 62.8 Å². The van der Waals surface area contributed by atoms with E-state index in [0.29, 0.717) is 0 Å². The molecule has 0 amide bonds. The Bertz CT molecular complexity index is 607. The fourth-order valence-corrected chi connectivity index (χ4v) is 4.12. The summed E-state index contributed by atoms with van der Waals surface area (Å²) in [5, 5.41) is 0. The maximum atomic E-state index is 11.4. The second-order valence-corrected chi connectivity index (χ2v) is 9.77. The molecule has 0 spiro atoms. The molecule has 0 aliphatic carbocycles. The van der Waals surface area contributed by atoms with Gasteiger partial charge in [0.15, 0.2) is 20.0 Å². The lowest BCUT2D eigenvalue weighted by Gasteiger charge is -2.35. The summed E-state index contributed by atoms with van der Waals surface area (Å²) in [5.74, 6) is 0. The van der Waals surface area contributed by atoms with Crippen LogP contribution in [-0.4, -0.2) is 58.5 Å². The van der Waals surface area contributed by atoms with Gasteiger partial charge in [0.25, 0.3) is 0 Å². The van der Waals surface area contributed by atoms with Gasteiger partial charge in [-0.05, 0) is 33.6 Å². The smallest absolute Gasteiger partial charge is 0.421 e. The largest absolute Gasteiger partial charge is 0.480 e. The molecule has 6 nitrogen and oxygen atoms in total. The van der Waals surface area contributed by atoms with E-state index in [2.05, 4.69) is 27.7 Å². The Morgan fingerprint density at radius 1 is 0.655 bits per heavy atom. The normalized spacial score (nSPS) is 13.7. The van der Waals surface area contributed by atoms with E-state index in [1.807, 2.05) is 0 Å². The highest BCUT2D eigenvalue weighted by Gasteiger charge is 2.46. The molecule has 0 aromatic heterocycles. The van der Waals surface area contributed by atoms with E-state index >= 15 is 0 Å². The molecule has 0 N–H and O–H groups in total. The number of halogens is 6. The molecule has 0 heterocycles. The van der Waals surface area contributed by atoms with Gasteiger partial charge in [0.1, 0.15) is 0 Å². The summed E-state index contributed by atoms with van der Waals surface area (Å²) in [6.07, 6.45) is 7.08. The predicted molar refractivity (Wildman–Crippen MR) is 98.8 cm³/mol. The minimum atomic E-state index is -6.72. The SMILES string of the molecule is CCCCCCC[N+](CC)(CC)CC.O=S(=O)([N-]S(=O)(=O)C(F)(F)F)C(F)(F)F. The first-order valence-electron chi connectivity index (χ1n) is 9.17. The fraction of sp³-hybridized carbons (Fsp3) is 1.00. The third kappa shape index (κ3) is 10.8. The Labute approximate surface area is 169 Å². The molecule has 29 heavy (non-hydrogen) atoms. The number of nitrogens with zero attached hydrogens (tertiary/aromatic N) is 2. The maximum absolute atomic E-state index is 11.4. The van der Waals surface area contributed by atoms with Gasteiger partial charge in [-0.25, -0.2) is 16.8 Å². The van der Waals surface area contributed by atoms with Crippen molar-refractivity contribution in [2.75, 3.05) is 26.2 Å². The molecule has 0 saturated heterocycles. The number of rotatable bonds is 11. The van der Waals surface area contributed by atoms with E-state index in [4.69, 9.17) is 0 Å². The van der Waals surface area contributed by atoms with E-state index in [1.54, 1.807) is 0 Å². The first-order chi connectivity index (χ1) is 12.9. The Kier molecular flexibility index (Phi) is 13.0. The van der Waals surface area contributed by atoms with Crippen LogP contribution in [-0.2, 0) is 20.0 Å². The summed E-state index contributed by atoms with van der Waals surface area (Å²) in [7, 11) is -13.4. The minimum Gasteiger partial charge on any atom is -0.421 e. The van der Waals surface area contributed by atoms with Gasteiger partial charge in [-0.3, -0.25) is 0 Å². The fourth-order valence-electron chi connectivity index (χ4n) is 2.41. The van der Waals surface area contributed by atoms with Crippen LogP contribution >= 0.6 is 0 Å². The number of alkyl halides is 6. The molecule has 0 aliphatic heterocycles. The van der Waals surface area contributed by atoms with E-state index in [9.17, 15) is 43.2 Å². The zero-order chi connectivity index (χ0) is 23.6. The van der Waals surface area contributed by atoms with Gasteiger partial charge in [-0.2, -0.15) is 26.3 Å². The third-order valence-electron chi connectivity index (χ3n) is 4.53. The molecule has 0 unspecified atom stereocenters. The van der Waals surface area contributed by atoms with E-state index < -0.39 is 31.1 Å². The summed E-state index contributed by atoms with van der Waals surface area (Å²) < 4.78 is 111. The maximum Gasteiger partial charge on any atom is 0.480 e. The van der Waals surface area contributed by atoms with Crippen LogP contribution in [0.2, 0.25) is 0 Å². The van der Waals surface area contributed by atoms with Crippen molar-refractivity contribution >= 4 is 20.0 Å². The molecule has 0 bridgehead atoms. The van der Waals surface area contributed by atoms with Gasteiger partial charge < -0.3 is 8.61 Å². The second kappa shape index (κ2) is 12.3. The Balaban J connectivity index is 0. The molecule has 0 radical (unpaired) electrons. The van der Waals surface area contributed by atoms with Crippen LogP contribution in [0, 0.1) is 0 Å². The van der Waals surface area contributed by atoms with Crippen molar-refractivity contribution in [2.24, 2.45) is 0 Å². The van der Waals surface area contributed by atoms with Crippen LogP contribution in [0.1, 0.15) is 59.8 Å². The lowest BCUT2D eigenvalue weighted by atomic mass is 10.1. The Hall–Kier alpha value is -0.600. The van der Waals surface area contributed by atoms with Crippen molar-refractivity contribution in [1.29, 1.82) is 0 Å². The molecule has 0 rings (SSSR count). The number of hydrogen-bond donors (Lipinski definition) is 0.